The van der Waals surface area contributed by atoms with Crippen molar-refractivity contribution < 1.29 is 23.8 Å². The summed E-state index contributed by atoms with van der Waals surface area (Å²) in [4.78, 5) is 23.6. The zero-order valence-corrected chi connectivity index (χ0v) is 14.7. The van der Waals surface area contributed by atoms with E-state index in [1.807, 2.05) is 0 Å². The van der Waals surface area contributed by atoms with Crippen molar-refractivity contribution in [1.82, 2.24) is 0 Å². The van der Waals surface area contributed by atoms with Crippen molar-refractivity contribution in [3.63, 3.8) is 0 Å². The third kappa shape index (κ3) is 5.08. The van der Waals surface area contributed by atoms with Crippen molar-refractivity contribution >= 4 is 11.8 Å². The Bertz CT molecular complexity index is 734. The van der Waals surface area contributed by atoms with Gasteiger partial charge in [0.25, 0.3) is 0 Å². The van der Waals surface area contributed by atoms with Gasteiger partial charge in [-0.25, -0.2) is 4.79 Å². The molecule has 2 aromatic rings. The minimum Gasteiger partial charge on any atom is -0.496 e. The zero-order valence-electron chi connectivity index (χ0n) is 14.7. The first-order valence-corrected chi connectivity index (χ1v) is 8.19. The zero-order chi connectivity index (χ0) is 18.2. The molecule has 0 heterocycles. The van der Waals surface area contributed by atoms with Gasteiger partial charge in [-0.15, -0.1) is 0 Å². The maximum atomic E-state index is 12.4. The first-order valence-electron chi connectivity index (χ1n) is 8.19. The molecule has 0 unspecified atom stereocenters. The second-order valence-corrected chi connectivity index (χ2v) is 5.53. The molecule has 0 saturated heterocycles. The third-order valence-corrected chi connectivity index (χ3v) is 3.63. The Kier molecular flexibility index (Phi) is 6.57. The predicted octanol–water partition coefficient (Wildman–Crippen LogP) is 4.30. The summed E-state index contributed by atoms with van der Waals surface area (Å²) in [6, 6.07) is 11.4. The van der Waals surface area contributed by atoms with Gasteiger partial charge in [-0.05, 0) is 49.7 Å². The molecule has 132 valence electrons. The molecular weight excluding hydrogens is 320 g/mol. The van der Waals surface area contributed by atoms with E-state index in [9.17, 15) is 9.59 Å². The Morgan fingerprint density at radius 1 is 1.00 bits per heavy atom. The van der Waals surface area contributed by atoms with Gasteiger partial charge < -0.3 is 14.2 Å². The molecule has 0 aliphatic heterocycles. The Morgan fingerprint density at radius 3 is 2.28 bits per heavy atom. The standard InChI is InChI=1S/C20H22O5/c1-4-5-12-24-17-10-11-18(19(13-17)23-3)20(22)25-16-8-6-15(7-9-16)14(2)21/h6-11,13H,4-5,12H2,1-3H3. The SMILES string of the molecule is CCCCOc1ccc(C(=O)Oc2ccc(C(C)=O)cc2)c(OC)c1. The summed E-state index contributed by atoms with van der Waals surface area (Å²) in [5.74, 6) is 0.818. The van der Waals surface area contributed by atoms with Gasteiger partial charge in [0.1, 0.15) is 22.8 Å². The number of hydrogen-bond donors (Lipinski definition) is 0. The van der Waals surface area contributed by atoms with Crippen LogP contribution in [0.15, 0.2) is 42.5 Å². The van der Waals surface area contributed by atoms with Crippen LogP contribution in [0.4, 0.5) is 0 Å². The number of methoxy groups -OCH3 is 1. The molecule has 0 bridgehead atoms. The molecule has 0 N–H and O–H groups in total. The molecule has 0 amide bonds. The number of Topliss-reactive ketones (excluding diaryl/α,β-unsaturated/α-hetero) is 1. The molecule has 25 heavy (non-hydrogen) atoms. The average molecular weight is 342 g/mol. The Morgan fingerprint density at radius 2 is 1.68 bits per heavy atom. The summed E-state index contributed by atoms with van der Waals surface area (Å²) in [6.45, 7) is 4.19. The first-order chi connectivity index (χ1) is 12.0. The number of rotatable bonds is 8. The Hall–Kier alpha value is -2.82. The van der Waals surface area contributed by atoms with E-state index in [2.05, 4.69) is 6.92 Å². The average Bonchev–Trinajstić information content (AvgIpc) is 2.62. The van der Waals surface area contributed by atoms with Crippen LogP contribution >= 0.6 is 0 Å². The topological polar surface area (TPSA) is 61.8 Å². The monoisotopic (exact) mass is 342 g/mol. The van der Waals surface area contributed by atoms with E-state index in [0.29, 0.717) is 35.0 Å². The van der Waals surface area contributed by atoms with Crippen LogP contribution < -0.4 is 14.2 Å². The number of esters is 1. The van der Waals surface area contributed by atoms with Crippen molar-refractivity contribution in [3.8, 4) is 17.2 Å². The molecule has 0 spiro atoms. The van der Waals surface area contributed by atoms with Crippen LogP contribution in [0.2, 0.25) is 0 Å². The highest BCUT2D eigenvalue weighted by Crippen LogP contribution is 2.26. The Balaban J connectivity index is 2.11. The molecule has 0 fully saturated rings. The number of hydrogen-bond acceptors (Lipinski definition) is 5. The summed E-state index contributed by atoms with van der Waals surface area (Å²) in [7, 11) is 1.49. The van der Waals surface area contributed by atoms with Gasteiger partial charge in [-0.3, -0.25) is 4.79 Å². The maximum Gasteiger partial charge on any atom is 0.347 e. The van der Waals surface area contributed by atoms with Crippen molar-refractivity contribution in [1.29, 1.82) is 0 Å². The summed E-state index contributed by atoms with van der Waals surface area (Å²) in [5.41, 5.74) is 0.868. The van der Waals surface area contributed by atoms with E-state index < -0.39 is 5.97 Å². The van der Waals surface area contributed by atoms with E-state index in [1.54, 1.807) is 42.5 Å². The highest BCUT2D eigenvalue weighted by atomic mass is 16.5. The fourth-order valence-electron chi connectivity index (χ4n) is 2.18. The van der Waals surface area contributed by atoms with Gasteiger partial charge in [0.05, 0.1) is 13.7 Å². The second-order valence-electron chi connectivity index (χ2n) is 5.53. The van der Waals surface area contributed by atoms with Gasteiger partial charge in [-0.1, -0.05) is 13.3 Å². The van der Waals surface area contributed by atoms with Crippen molar-refractivity contribution in [2.24, 2.45) is 0 Å². The largest absolute Gasteiger partial charge is 0.496 e. The van der Waals surface area contributed by atoms with Crippen molar-refractivity contribution in [3.05, 3.63) is 53.6 Å². The maximum absolute atomic E-state index is 12.4. The first kappa shape index (κ1) is 18.5. The smallest absolute Gasteiger partial charge is 0.347 e. The predicted molar refractivity (Wildman–Crippen MR) is 94.8 cm³/mol. The number of ether oxygens (including phenoxy) is 3. The van der Waals surface area contributed by atoms with Gasteiger partial charge in [0.15, 0.2) is 5.78 Å². The number of ketones is 1. The van der Waals surface area contributed by atoms with Gasteiger partial charge in [0.2, 0.25) is 0 Å². The normalized spacial score (nSPS) is 10.2. The minimum absolute atomic E-state index is 0.0433. The second kappa shape index (κ2) is 8.87. The number of unbranched alkanes of at least 4 members (excludes halogenated alkanes) is 1. The number of carbonyl (C=O) groups excluding carboxylic acids is 2. The van der Waals surface area contributed by atoms with Crippen LogP contribution in [0.5, 0.6) is 17.2 Å². The molecule has 2 rings (SSSR count). The summed E-state index contributed by atoms with van der Waals surface area (Å²) >= 11 is 0. The molecule has 5 nitrogen and oxygen atoms in total. The quantitative estimate of drug-likeness (QED) is 0.310. The van der Waals surface area contributed by atoms with Crippen molar-refractivity contribution in [2.75, 3.05) is 13.7 Å². The van der Waals surface area contributed by atoms with Crippen molar-refractivity contribution in [2.45, 2.75) is 26.7 Å². The van der Waals surface area contributed by atoms with Crippen LogP contribution in [-0.2, 0) is 0 Å². The minimum atomic E-state index is -0.535. The lowest BCUT2D eigenvalue weighted by Crippen LogP contribution is -2.10. The lowest BCUT2D eigenvalue weighted by atomic mass is 10.1. The van der Waals surface area contributed by atoms with Crippen LogP contribution in [0.3, 0.4) is 0 Å². The molecular formula is C20H22O5. The molecule has 2 aromatic carbocycles. The highest BCUT2D eigenvalue weighted by Gasteiger charge is 2.16. The fraction of sp³-hybridized carbons (Fsp3) is 0.300. The van der Waals surface area contributed by atoms with E-state index in [0.717, 1.165) is 12.8 Å². The van der Waals surface area contributed by atoms with E-state index >= 15 is 0 Å². The molecule has 0 radical (unpaired) electrons. The summed E-state index contributed by atoms with van der Waals surface area (Å²) in [6.07, 6.45) is 2.01. The Labute approximate surface area is 147 Å². The van der Waals surface area contributed by atoms with Gasteiger partial charge in [0, 0.05) is 11.6 Å². The number of carbonyl (C=O) groups is 2. The van der Waals surface area contributed by atoms with Crippen LogP contribution in [0.25, 0.3) is 0 Å². The lowest BCUT2D eigenvalue weighted by Gasteiger charge is -2.11. The molecule has 0 aromatic heterocycles. The van der Waals surface area contributed by atoms with E-state index in [1.165, 1.54) is 14.0 Å². The third-order valence-electron chi connectivity index (χ3n) is 3.63. The fourth-order valence-corrected chi connectivity index (χ4v) is 2.18. The molecule has 0 atom stereocenters. The highest BCUT2D eigenvalue weighted by molar-refractivity contribution is 5.95. The van der Waals surface area contributed by atoms with Crippen LogP contribution in [-0.4, -0.2) is 25.5 Å². The summed E-state index contributed by atoms with van der Waals surface area (Å²) < 4.78 is 16.2. The van der Waals surface area contributed by atoms with E-state index in [4.69, 9.17) is 14.2 Å². The van der Waals surface area contributed by atoms with Crippen LogP contribution in [0, 0.1) is 0 Å². The van der Waals surface area contributed by atoms with Gasteiger partial charge in [-0.2, -0.15) is 0 Å². The number of benzene rings is 2. The molecule has 0 aliphatic rings. The molecule has 0 saturated carbocycles. The summed E-state index contributed by atoms with van der Waals surface area (Å²) in [5, 5.41) is 0. The van der Waals surface area contributed by atoms with Crippen LogP contribution in [0.1, 0.15) is 47.4 Å². The van der Waals surface area contributed by atoms with E-state index in [-0.39, 0.29) is 5.78 Å². The lowest BCUT2D eigenvalue weighted by molar-refractivity contribution is 0.0731. The van der Waals surface area contributed by atoms with Gasteiger partial charge >= 0.3 is 5.97 Å². The molecule has 5 heteroatoms. The molecule has 0 aliphatic carbocycles.